The third-order valence-corrected chi connectivity index (χ3v) is 7.65. The third kappa shape index (κ3) is 5.92. The van der Waals surface area contributed by atoms with Gasteiger partial charge in [0.2, 0.25) is 0 Å². The normalized spacial score (nSPS) is 17.5. The van der Waals surface area contributed by atoms with Crippen LogP contribution in [0.4, 0.5) is 4.39 Å². The van der Waals surface area contributed by atoms with E-state index in [9.17, 15) is 19.1 Å². The Morgan fingerprint density at radius 1 is 1.10 bits per heavy atom. The summed E-state index contributed by atoms with van der Waals surface area (Å²) < 4.78 is 32.8. The van der Waals surface area contributed by atoms with Gasteiger partial charge in [0.1, 0.15) is 18.2 Å². The van der Waals surface area contributed by atoms with Crippen LogP contribution in [0.3, 0.4) is 0 Å². The van der Waals surface area contributed by atoms with Crippen LogP contribution in [0, 0.1) is 5.82 Å². The van der Waals surface area contributed by atoms with Crippen molar-refractivity contribution in [1.82, 2.24) is 19.4 Å². The van der Waals surface area contributed by atoms with E-state index < -0.39 is 11.8 Å². The fourth-order valence-electron chi connectivity index (χ4n) is 5.04. The summed E-state index contributed by atoms with van der Waals surface area (Å²) in [4.78, 5) is 33.4. The van der Waals surface area contributed by atoms with E-state index in [4.69, 9.17) is 30.5 Å². The molecule has 214 valence electrons. The molecular formula is C29H28ClFN4O6. The quantitative estimate of drug-likeness (QED) is 0.308. The smallest absolute Gasteiger partial charge is 0.335 e. The first-order chi connectivity index (χ1) is 19.8. The molecule has 4 aromatic rings. The summed E-state index contributed by atoms with van der Waals surface area (Å²) in [6.45, 7) is 4.18. The van der Waals surface area contributed by atoms with Gasteiger partial charge in [0.15, 0.2) is 17.3 Å². The van der Waals surface area contributed by atoms with Gasteiger partial charge in [-0.3, -0.25) is 9.69 Å². The number of nitrogens with zero attached hydrogens (tertiary/aromatic N) is 4. The number of carboxylic acid groups (broad SMARTS) is 1. The van der Waals surface area contributed by atoms with Crippen molar-refractivity contribution in [3.63, 3.8) is 0 Å². The number of fused-ring (bicyclic) bond motifs is 1. The van der Waals surface area contributed by atoms with Crippen molar-refractivity contribution in [1.29, 1.82) is 0 Å². The number of carbonyl (C=O) groups excluding carboxylic acids is 1. The molecule has 0 radical (unpaired) electrons. The van der Waals surface area contributed by atoms with Crippen LogP contribution in [-0.4, -0.2) is 75.2 Å². The van der Waals surface area contributed by atoms with Crippen molar-refractivity contribution in [2.45, 2.75) is 32.2 Å². The standard InChI is InChI=1S/C29H28ClFN4O6/c30-19-2-5-25(22(31)14-19)40-17-21-3-6-26(41-21)28(36)34-10-8-33(9-11-34)16-27-32-23-4-1-18(29(37)38)13-24(23)35(27)15-20-7-12-39-20/h1-6,13-14,20H,7-12,15-17H2,(H,37,38)/t20-/m0/s1. The highest BCUT2D eigenvalue weighted by Crippen LogP contribution is 2.25. The second-order valence-electron chi connectivity index (χ2n) is 10.1. The summed E-state index contributed by atoms with van der Waals surface area (Å²) in [7, 11) is 0. The van der Waals surface area contributed by atoms with Crippen molar-refractivity contribution in [3.8, 4) is 5.75 Å². The van der Waals surface area contributed by atoms with Gasteiger partial charge in [-0.05, 0) is 55.0 Å². The van der Waals surface area contributed by atoms with Gasteiger partial charge >= 0.3 is 5.97 Å². The predicted octanol–water partition coefficient (Wildman–Crippen LogP) is 4.45. The maximum Gasteiger partial charge on any atom is 0.335 e. The minimum atomic E-state index is -0.978. The Balaban J connectivity index is 1.07. The molecule has 0 saturated carbocycles. The van der Waals surface area contributed by atoms with Crippen molar-refractivity contribution in [3.05, 3.63) is 82.3 Å². The highest BCUT2D eigenvalue weighted by Gasteiger charge is 2.27. The molecule has 1 atom stereocenters. The Kier molecular flexibility index (Phi) is 7.65. The summed E-state index contributed by atoms with van der Waals surface area (Å²) in [6, 6.07) is 12.4. The number of benzene rings is 2. The summed E-state index contributed by atoms with van der Waals surface area (Å²) >= 11 is 5.77. The number of carbonyl (C=O) groups is 2. The molecule has 2 aliphatic rings. The van der Waals surface area contributed by atoms with Crippen molar-refractivity contribution < 1.29 is 33.0 Å². The number of hydrogen-bond donors (Lipinski definition) is 1. The van der Waals surface area contributed by atoms with Gasteiger partial charge < -0.3 is 28.5 Å². The van der Waals surface area contributed by atoms with Crippen LogP contribution in [0.2, 0.25) is 5.02 Å². The summed E-state index contributed by atoms with van der Waals surface area (Å²) in [5, 5.41) is 9.74. The maximum atomic E-state index is 14.0. The molecule has 2 aliphatic heterocycles. The predicted molar refractivity (Wildman–Crippen MR) is 147 cm³/mol. The minimum Gasteiger partial charge on any atom is -0.483 e. The van der Waals surface area contributed by atoms with Gasteiger partial charge in [0.25, 0.3) is 5.91 Å². The number of amides is 1. The molecule has 1 amide bonds. The lowest BCUT2D eigenvalue weighted by Crippen LogP contribution is -2.48. The molecule has 2 fully saturated rings. The van der Waals surface area contributed by atoms with Gasteiger partial charge in [0.05, 0.1) is 35.8 Å². The van der Waals surface area contributed by atoms with E-state index in [0.29, 0.717) is 45.0 Å². The second kappa shape index (κ2) is 11.5. The van der Waals surface area contributed by atoms with Gasteiger partial charge in [-0.15, -0.1) is 0 Å². The third-order valence-electron chi connectivity index (χ3n) is 7.41. The fourth-order valence-corrected chi connectivity index (χ4v) is 5.20. The van der Waals surface area contributed by atoms with Crippen LogP contribution in [0.15, 0.2) is 52.9 Å². The lowest BCUT2D eigenvalue weighted by molar-refractivity contribution is -0.0592. The topological polar surface area (TPSA) is 110 Å². The second-order valence-corrected chi connectivity index (χ2v) is 10.6. The molecule has 2 aromatic heterocycles. The molecule has 0 bridgehead atoms. The Labute approximate surface area is 239 Å². The maximum absolute atomic E-state index is 14.0. The largest absolute Gasteiger partial charge is 0.483 e. The number of rotatable bonds is 9. The Morgan fingerprint density at radius 3 is 2.61 bits per heavy atom. The number of aromatic nitrogens is 2. The SMILES string of the molecule is O=C(O)c1ccc2nc(CN3CCN(C(=O)c4ccc(COc5ccc(Cl)cc5F)o4)CC3)n(C[C@@H]3CCO3)c2c1. The number of furan rings is 1. The van der Waals surface area contributed by atoms with E-state index in [1.165, 1.54) is 18.2 Å². The molecule has 0 aliphatic carbocycles. The lowest BCUT2D eigenvalue weighted by atomic mass is 10.1. The zero-order valence-electron chi connectivity index (χ0n) is 22.1. The molecule has 2 aromatic carbocycles. The number of imidazole rings is 1. The van der Waals surface area contributed by atoms with E-state index in [-0.39, 0.29) is 40.7 Å². The number of aromatic carboxylic acids is 1. The number of carboxylic acids is 1. The zero-order valence-corrected chi connectivity index (χ0v) is 22.8. The first-order valence-corrected chi connectivity index (χ1v) is 13.7. The van der Waals surface area contributed by atoms with Crippen molar-refractivity contribution in [2.75, 3.05) is 32.8 Å². The highest BCUT2D eigenvalue weighted by atomic mass is 35.5. The molecule has 0 unspecified atom stereocenters. The van der Waals surface area contributed by atoms with Crippen LogP contribution >= 0.6 is 11.6 Å². The van der Waals surface area contributed by atoms with E-state index in [2.05, 4.69) is 9.47 Å². The van der Waals surface area contributed by atoms with Crippen LogP contribution < -0.4 is 4.74 Å². The van der Waals surface area contributed by atoms with Gasteiger partial charge in [-0.1, -0.05) is 11.6 Å². The first kappa shape index (κ1) is 27.3. The molecule has 2 saturated heterocycles. The number of ether oxygens (including phenoxy) is 2. The Morgan fingerprint density at radius 2 is 1.90 bits per heavy atom. The number of hydrogen-bond acceptors (Lipinski definition) is 7. The van der Waals surface area contributed by atoms with E-state index in [1.54, 1.807) is 35.2 Å². The zero-order chi connectivity index (χ0) is 28.5. The molecule has 4 heterocycles. The Bertz CT molecular complexity index is 1590. The monoisotopic (exact) mass is 582 g/mol. The molecule has 0 spiro atoms. The average Bonchev–Trinajstić information content (AvgIpc) is 3.54. The molecule has 41 heavy (non-hydrogen) atoms. The first-order valence-electron chi connectivity index (χ1n) is 13.4. The van der Waals surface area contributed by atoms with E-state index in [0.717, 1.165) is 29.9 Å². The van der Waals surface area contributed by atoms with Crippen molar-refractivity contribution in [2.24, 2.45) is 0 Å². The van der Waals surface area contributed by atoms with Crippen LogP contribution in [0.5, 0.6) is 5.75 Å². The van der Waals surface area contributed by atoms with Crippen LogP contribution in [-0.2, 0) is 24.4 Å². The van der Waals surface area contributed by atoms with Gasteiger partial charge in [0, 0.05) is 37.8 Å². The van der Waals surface area contributed by atoms with Crippen molar-refractivity contribution >= 4 is 34.5 Å². The van der Waals surface area contributed by atoms with E-state index in [1.807, 2.05) is 0 Å². The average molecular weight is 583 g/mol. The van der Waals surface area contributed by atoms with E-state index >= 15 is 0 Å². The lowest BCUT2D eigenvalue weighted by Gasteiger charge is -2.34. The van der Waals surface area contributed by atoms with Gasteiger partial charge in [-0.25, -0.2) is 14.2 Å². The minimum absolute atomic E-state index is 0.0273. The molecule has 12 heteroatoms. The summed E-state index contributed by atoms with van der Waals surface area (Å²) in [6.07, 6.45) is 1.04. The molecular weight excluding hydrogens is 555 g/mol. The summed E-state index contributed by atoms with van der Waals surface area (Å²) in [5.74, 6) is -0.281. The van der Waals surface area contributed by atoms with Crippen LogP contribution in [0.25, 0.3) is 11.0 Å². The molecule has 6 rings (SSSR count). The highest BCUT2D eigenvalue weighted by molar-refractivity contribution is 6.30. The number of halogens is 2. The fraction of sp³-hybridized carbons (Fsp3) is 0.345. The molecule has 1 N–H and O–H groups in total. The Hall–Kier alpha value is -3.93. The molecule has 10 nitrogen and oxygen atoms in total. The number of piperazine rings is 1. The van der Waals surface area contributed by atoms with Crippen LogP contribution in [0.1, 0.15) is 38.9 Å². The van der Waals surface area contributed by atoms with Gasteiger partial charge in [-0.2, -0.15) is 0 Å². The summed E-state index contributed by atoms with van der Waals surface area (Å²) in [5.41, 5.74) is 1.74.